The van der Waals surface area contributed by atoms with E-state index in [1.54, 1.807) is 18.2 Å². The number of carbonyl (C=O) groups excluding carboxylic acids is 1. The zero-order valence-corrected chi connectivity index (χ0v) is 20.5. The van der Waals surface area contributed by atoms with E-state index in [0.29, 0.717) is 23.6 Å². The molecule has 9 heteroatoms. The van der Waals surface area contributed by atoms with Crippen LogP contribution >= 0.6 is 12.4 Å². The summed E-state index contributed by atoms with van der Waals surface area (Å²) in [6, 6.07) is 11.8. The Labute approximate surface area is 205 Å². The molecule has 0 radical (unpaired) electrons. The monoisotopic (exact) mass is 501 g/mol. The number of halogens is 1. The summed E-state index contributed by atoms with van der Waals surface area (Å²) < 4.78 is 29.7. The van der Waals surface area contributed by atoms with Crippen LogP contribution < -0.4 is 11.1 Å². The molecule has 4 N–H and O–H groups in total. The van der Waals surface area contributed by atoms with Crippen molar-refractivity contribution >= 4 is 51.2 Å². The van der Waals surface area contributed by atoms with Gasteiger partial charge >= 0.3 is 0 Å². The maximum absolute atomic E-state index is 14.0. The number of nitrogens with zero attached hydrogens (tertiary/aromatic N) is 1. The zero-order chi connectivity index (χ0) is 23.4. The van der Waals surface area contributed by atoms with Gasteiger partial charge in [-0.2, -0.15) is 8.42 Å². The second-order valence-electron chi connectivity index (χ2n) is 9.43. The topological polar surface area (TPSA) is 122 Å². The number of aliphatic hydroxyl groups excluding tert-OH is 1. The normalized spacial score (nSPS) is 23.8. The van der Waals surface area contributed by atoms with Gasteiger partial charge in [0.1, 0.15) is 16.2 Å². The third-order valence-corrected chi connectivity index (χ3v) is 8.46. The molecule has 1 atom stereocenters. The fraction of sp³-hybridized carbons (Fsp3) is 0.360. The second-order valence-corrected chi connectivity index (χ2v) is 11.0. The summed E-state index contributed by atoms with van der Waals surface area (Å²) in [6.45, 7) is 1.90. The lowest BCUT2D eigenvalue weighted by Gasteiger charge is -2.39. The number of amidine groups is 1. The molecule has 0 spiro atoms. The first-order valence-corrected chi connectivity index (χ1v) is 12.7. The smallest absolute Gasteiger partial charge is 0.286 e. The van der Waals surface area contributed by atoms with Crippen LogP contribution in [0.1, 0.15) is 56.6 Å². The summed E-state index contributed by atoms with van der Waals surface area (Å²) in [5.41, 5.74) is 6.66. The van der Waals surface area contributed by atoms with Gasteiger partial charge in [-0.3, -0.25) is 4.79 Å². The van der Waals surface area contributed by atoms with E-state index >= 15 is 0 Å². The lowest BCUT2D eigenvalue weighted by atomic mass is 9.64. The van der Waals surface area contributed by atoms with Gasteiger partial charge in [0.05, 0.1) is 11.1 Å². The third kappa shape index (κ3) is 3.88. The predicted octanol–water partition coefficient (Wildman–Crippen LogP) is 4.98. The van der Waals surface area contributed by atoms with E-state index in [9.17, 15) is 18.3 Å². The molecule has 2 aromatic carbocycles. The molecule has 1 unspecified atom stereocenters. The molecule has 0 saturated heterocycles. The SMILES string of the molecule is CC1(CC2CCCCC2)C(=O)C(C2=NS(=O)(=O)c3cc(N)ccc3N2)=C(O)c2ccccc21.Cl. The molecule has 7 nitrogen and oxygen atoms in total. The van der Waals surface area contributed by atoms with Gasteiger partial charge in [0.25, 0.3) is 10.0 Å². The van der Waals surface area contributed by atoms with Crippen molar-refractivity contribution in [2.24, 2.45) is 10.3 Å². The summed E-state index contributed by atoms with van der Waals surface area (Å²) in [4.78, 5) is 14.0. The number of hydrogen-bond donors (Lipinski definition) is 3. The number of ketones is 1. The first-order valence-electron chi connectivity index (χ1n) is 11.3. The van der Waals surface area contributed by atoms with Crippen molar-refractivity contribution < 1.29 is 18.3 Å². The molecule has 1 fully saturated rings. The van der Waals surface area contributed by atoms with Gasteiger partial charge in [0.2, 0.25) is 0 Å². The van der Waals surface area contributed by atoms with Gasteiger partial charge in [-0.1, -0.05) is 56.4 Å². The molecule has 2 aromatic rings. The van der Waals surface area contributed by atoms with Crippen LogP contribution in [-0.2, 0) is 20.2 Å². The van der Waals surface area contributed by atoms with Gasteiger partial charge in [-0.25, -0.2) is 0 Å². The lowest BCUT2D eigenvalue weighted by molar-refractivity contribution is -0.120. The Kier molecular flexibility index (Phi) is 6.25. The van der Waals surface area contributed by atoms with E-state index in [-0.39, 0.29) is 45.9 Å². The zero-order valence-electron chi connectivity index (χ0n) is 18.9. The van der Waals surface area contributed by atoms with Gasteiger partial charge in [0.15, 0.2) is 11.6 Å². The highest BCUT2D eigenvalue weighted by molar-refractivity contribution is 7.90. The lowest BCUT2D eigenvalue weighted by Crippen LogP contribution is -2.43. The van der Waals surface area contributed by atoms with Crippen LogP contribution in [0.5, 0.6) is 0 Å². The number of aliphatic hydroxyl groups is 1. The Bertz CT molecular complexity index is 1330. The van der Waals surface area contributed by atoms with Gasteiger partial charge in [-0.05, 0) is 43.0 Å². The standard InChI is InChI=1S/C25H27N3O4S.ClH/c1-25(14-15-7-3-2-4-8-15)18-10-6-5-9-17(18)22(29)21(23(25)30)24-27-19-12-11-16(26)13-20(19)33(31,32)28-24;/h5-6,9-13,15,29H,2-4,7-8,14,26H2,1H3,(H,27,28);1H. The van der Waals surface area contributed by atoms with Crippen molar-refractivity contribution in [3.8, 4) is 0 Å². The number of benzene rings is 2. The molecule has 5 rings (SSSR count). The highest BCUT2D eigenvalue weighted by Gasteiger charge is 2.47. The maximum atomic E-state index is 14.0. The van der Waals surface area contributed by atoms with Crippen molar-refractivity contribution in [2.75, 3.05) is 11.1 Å². The fourth-order valence-corrected chi connectivity index (χ4v) is 6.64. The minimum Gasteiger partial charge on any atom is -0.506 e. The van der Waals surface area contributed by atoms with Crippen molar-refractivity contribution in [1.82, 2.24) is 0 Å². The summed E-state index contributed by atoms with van der Waals surface area (Å²) >= 11 is 0. The molecule has 0 aromatic heterocycles. The van der Waals surface area contributed by atoms with Crippen LogP contribution in [0, 0.1) is 5.92 Å². The Morgan fingerprint density at radius 1 is 1.15 bits per heavy atom. The summed E-state index contributed by atoms with van der Waals surface area (Å²) in [5, 5.41) is 14.1. The van der Waals surface area contributed by atoms with E-state index in [4.69, 9.17) is 5.73 Å². The molecule has 1 saturated carbocycles. The van der Waals surface area contributed by atoms with E-state index < -0.39 is 15.4 Å². The maximum Gasteiger partial charge on any atom is 0.286 e. The van der Waals surface area contributed by atoms with Crippen molar-refractivity contribution in [2.45, 2.75) is 55.8 Å². The Hall–Kier alpha value is -2.84. The number of nitrogen functional groups attached to an aromatic ring is 1. The summed E-state index contributed by atoms with van der Waals surface area (Å²) in [6.07, 6.45) is 6.30. The highest BCUT2D eigenvalue weighted by Crippen LogP contribution is 2.46. The fourth-order valence-electron chi connectivity index (χ4n) is 5.49. The second kappa shape index (κ2) is 8.74. The molecule has 3 aliphatic rings. The number of carbonyl (C=O) groups is 1. The number of nitrogens with one attached hydrogen (secondary N) is 1. The molecule has 0 amide bonds. The predicted molar refractivity (Wildman–Crippen MR) is 136 cm³/mol. The van der Waals surface area contributed by atoms with Gasteiger partial charge in [0, 0.05) is 11.3 Å². The van der Waals surface area contributed by atoms with Gasteiger partial charge in [-0.15, -0.1) is 16.8 Å². The van der Waals surface area contributed by atoms with Crippen LogP contribution in [0.3, 0.4) is 0 Å². The van der Waals surface area contributed by atoms with Crippen LogP contribution in [0.15, 0.2) is 57.3 Å². The van der Waals surface area contributed by atoms with Crippen LogP contribution in [-0.4, -0.2) is 25.1 Å². The number of hydrogen-bond acceptors (Lipinski definition) is 6. The Morgan fingerprint density at radius 2 is 1.85 bits per heavy atom. The van der Waals surface area contributed by atoms with E-state index in [0.717, 1.165) is 31.2 Å². The molecule has 34 heavy (non-hydrogen) atoms. The summed E-state index contributed by atoms with van der Waals surface area (Å²) in [5.74, 6) is -0.322. The molecule has 1 heterocycles. The number of sulfonamides is 1. The number of nitrogens with two attached hydrogens (primary N) is 1. The number of anilines is 2. The van der Waals surface area contributed by atoms with Crippen molar-refractivity contribution in [3.63, 3.8) is 0 Å². The third-order valence-electron chi connectivity index (χ3n) is 7.15. The summed E-state index contributed by atoms with van der Waals surface area (Å²) in [7, 11) is -4.10. The van der Waals surface area contributed by atoms with E-state index in [1.165, 1.54) is 18.6 Å². The molecule has 180 valence electrons. The highest BCUT2D eigenvalue weighted by atomic mass is 35.5. The van der Waals surface area contributed by atoms with Gasteiger partial charge < -0.3 is 16.2 Å². The average Bonchev–Trinajstić information content (AvgIpc) is 2.79. The minimum absolute atomic E-state index is 0. The first-order chi connectivity index (χ1) is 15.7. The Balaban J connectivity index is 0.00000274. The number of Topliss-reactive ketones (excluding diaryl/α,β-unsaturated/α-hetero) is 1. The number of rotatable bonds is 3. The van der Waals surface area contributed by atoms with Crippen molar-refractivity contribution in [3.05, 3.63) is 59.2 Å². The number of fused-ring (bicyclic) bond motifs is 2. The average molecular weight is 502 g/mol. The first kappa shape index (κ1) is 24.3. The van der Waals surface area contributed by atoms with E-state index in [1.807, 2.05) is 19.1 Å². The van der Waals surface area contributed by atoms with E-state index in [2.05, 4.69) is 9.71 Å². The largest absolute Gasteiger partial charge is 0.506 e. The van der Waals surface area contributed by atoms with Crippen LogP contribution in [0.25, 0.3) is 5.76 Å². The van der Waals surface area contributed by atoms with Crippen LogP contribution in [0.2, 0.25) is 0 Å². The molecule has 1 aliphatic heterocycles. The van der Waals surface area contributed by atoms with Crippen LogP contribution in [0.4, 0.5) is 11.4 Å². The molecular formula is C25H28ClN3O4S. The quantitative estimate of drug-likeness (QED) is 0.509. The molecule has 0 bridgehead atoms. The molecular weight excluding hydrogens is 474 g/mol. The van der Waals surface area contributed by atoms with Crippen molar-refractivity contribution in [1.29, 1.82) is 0 Å². The Morgan fingerprint density at radius 3 is 2.59 bits per heavy atom. The minimum atomic E-state index is -4.10. The molecule has 2 aliphatic carbocycles.